The highest BCUT2D eigenvalue weighted by Gasteiger charge is 2.35. The van der Waals surface area contributed by atoms with Crippen molar-refractivity contribution in [3.8, 4) is 0 Å². The van der Waals surface area contributed by atoms with E-state index in [4.69, 9.17) is 0 Å². The summed E-state index contributed by atoms with van der Waals surface area (Å²) >= 11 is 0. The van der Waals surface area contributed by atoms with Crippen LogP contribution in [0.3, 0.4) is 0 Å². The topological polar surface area (TPSA) is 12.0 Å². The molecule has 0 spiro atoms. The van der Waals surface area contributed by atoms with E-state index in [-0.39, 0.29) is 6.04 Å². The van der Waals surface area contributed by atoms with Gasteiger partial charge in [-0.1, -0.05) is 19.9 Å². The Balaban J connectivity index is 2.26. The third-order valence-corrected chi connectivity index (χ3v) is 4.44. The highest BCUT2D eigenvalue weighted by molar-refractivity contribution is 5.35. The van der Waals surface area contributed by atoms with Crippen LogP contribution >= 0.6 is 0 Å². The Kier molecular flexibility index (Phi) is 4.97. The predicted molar refractivity (Wildman–Crippen MR) is 79.1 cm³/mol. The van der Waals surface area contributed by atoms with Gasteiger partial charge < -0.3 is 5.32 Å². The third-order valence-electron chi connectivity index (χ3n) is 4.44. The average molecular weight is 299 g/mol. The average Bonchev–Trinajstić information content (AvgIpc) is 3.23. The van der Waals surface area contributed by atoms with Crippen LogP contribution in [0.15, 0.2) is 18.2 Å². The summed E-state index contributed by atoms with van der Waals surface area (Å²) in [6.45, 7) is 6.99. The maximum atomic E-state index is 12.8. The molecule has 0 radical (unpaired) electrons. The number of alkyl halides is 3. The number of aryl methyl sites for hydroxylation is 1. The molecule has 0 heterocycles. The first kappa shape index (κ1) is 16.3. The Morgan fingerprint density at radius 3 is 2.43 bits per heavy atom. The maximum Gasteiger partial charge on any atom is 0.416 e. The van der Waals surface area contributed by atoms with Gasteiger partial charge >= 0.3 is 6.18 Å². The van der Waals surface area contributed by atoms with Gasteiger partial charge in [-0.2, -0.15) is 13.2 Å². The molecule has 1 aromatic rings. The smallest absolute Gasteiger partial charge is 0.310 e. The van der Waals surface area contributed by atoms with Crippen molar-refractivity contribution in [3.63, 3.8) is 0 Å². The number of halogens is 3. The molecule has 0 bridgehead atoms. The van der Waals surface area contributed by atoms with Gasteiger partial charge in [-0.15, -0.1) is 0 Å². The summed E-state index contributed by atoms with van der Waals surface area (Å²) in [7, 11) is 0. The van der Waals surface area contributed by atoms with Crippen molar-refractivity contribution in [1.29, 1.82) is 0 Å². The highest BCUT2D eigenvalue weighted by atomic mass is 19.4. The van der Waals surface area contributed by atoms with Gasteiger partial charge in [0.25, 0.3) is 0 Å². The number of nitrogens with one attached hydrogen (secondary N) is 1. The Morgan fingerprint density at radius 2 is 1.95 bits per heavy atom. The molecule has 0 aliphatic heterocycles. The van der Waals surface area contributed by atoms with Crippen molar-refractivity contribution in [1.82, 2.24) is 5.32 Å². The van der Waals surface area contributed by atoms with Gasteiger partial charge in [-0.25, -0.2) is 0 Å². The van der Waals surface area contributed by atoms with Crippen molar-refractivity contribution in [2.45, 2.75) is 52.3 Å². The molecule has 0 saturated heterocycles. The molecule has 1 aliphatic carbocycles. The minimum absolute atomic E-state index is 0.153. The maximum absolute atomic E-state index is 12.8. The molecular formula is C17H24F3N. The van der Waals surface area contributed by atoms with E-state index < -0.39 is 11.7 Å². The van der Waals surface area contributed by atoms with Gasteiger partial charge in [0.2, 0.25) is 0 Å². The third kappa shape index (κ3) is 4.00. The van der Waals surface area contributed by atoms with Crippen LogP contribution in [0.2, 0.25) is 0 Å². The van der Waals surface area contributed by atoms with Crippen LogP contribution < -0.4 is 5.32 Å². The van der Waals surface area contributed by atoms with Crippen LogP contribution in [0.4, 0.5) is 13.2 Å². The molecule has 118 valence electrons. The predicted octanol–water partition coefficient (Wildman–Crippen LogP) is 5.10. The zero-order valence-electron chi connectivity index (χ0n) is 12.9. The fourth-order valence-electron chi connectivity index (χ4n) is 2.97. The number of hydrogen-bond acceptors (Lipinski definition) is 1. The standard InChI is InChI=1S/C17H24F3N/c1-4-9-21-16(12(3)13-5-6-13)15-8-7-14(10-11(15)2)17(18,19)20/h7-8,10,12-13,16,21H,4-6,9H2,1-3H3. The summed E-state index contributed by atoms with van der Waals surface area (Å²) < 4.78 is 38.4. The fourth-order valence-corrected chi connectivity index (χ4v) is 2.97. The van der Waals surface area contributed by atoms with Crippen molar-refractivity contribution in [2.24, 2.45) is 11.8 Å². The first-order valence-electron chi connectivity index (χ1n) is 7.75. The molecular weight excluding hydrogens is 275 g/mol. The van der Waals surface area contributed by atoms with E-state index in [1.807, 2.05) is 0 Å². The molecule has 21 heavy (non-hydrogen) atoms. The van der Waals surface area contributed by atoms with Gasteiger partial charge in [-0.3, -0.25) is 0 Å². The van der Waals surface area contributed by atoms with Gasteiger partial charge in [0.05, 0.1) is 5.56 Å². The first-order valence-corrected chi connectivity index (χ1v) is 7.75. The van der Waals surface area contributed by atoms with Crippen LogP contribution in [-0.2, 0) is 6.18 Å². The molecule has 1 nitrogen and oxygen atoms in total. The summed E-state index contributed by atoms with van der Waals surface area (Å²) in [5.74, 6) is 1.17. The monoisotopic (exact) mass is 299 g/mol. The van der Waals surface area contributed by atoms with E-state index in [0.29, 0.717) is 11.8 Å². The normalized spacial score (nSPS) is 18.6. The molecule has 1 N–H and O–H groups in total. The summed E-state index contributed by atoms with van der Waals surface area (Å²) in [5.41, 5.74) is 1.18. The lowest BCUT2D eigenvalue weighted by Gasteiger charge is -2.27. The second kappa shape index (κ2) is 6.39. The van der Waals surface area contributed by atoms with E-state index in [2.05, 4.69) is 19.2 Å². The molecule has 1 aromatic carbocycles. The number of hydrogen-bond donors (Lipinski definition) is 1. The molecule has 2 unspecified atom stereocenters. The molecule has 0 amide bonds. The summed E-state index contributed by atoms with van der Waals surface area (Å²) in [6, 6.07) is 4.29. The molecule has 1 aliphatic rings. The van der Waals surface area contributed by atoms with E-state index in [9.17, 15) is 13.2 Å². The van der Waals surface area contributed by atoms with E-state index >= 15 is 0 Å². The van der Waals surface area contributed by atoms with Gasteiger partial charge in [0.15, 0.2) is 0 Å². The van der Waals surface area contributed by atoms with Crippen molar-refractivity contribution < 1.29 is 13.2 Å². The van der Waals surface area contributed by atoms with E-state index in [0.717, 1.165) is 24.1 Å². The molecule has 2 atom stereocenters. The van der Waals surface area contributed by atoms with Crippen LogP contribution in [0.25, 0.3) is 0 Å². The molecule has 1 fully saturated rings. The highest BCUT2D eigenvalue weighted by Crippen LogP contribution is 2.43. The fraction of sp³-hybridized carbons (Fsp3) is 0.647. The number of benzene rings is 1. The Bertz CT molecular complexity index is 477. The van der Waals surface area contributed by atoms with Gasteiger partial charge in [0, 0.05) is 6.04 Å². The van der Waals surface area contributed by atoms with Crippen molar-refractivity contribution >= 4 is 0 Å². The SMILES string of the molecule is CCCNC(c1ccc(C(F)(F)F)cc1C)C(C)C1CC1. The molecule has 2 rings (SSSR count). The van der Waals surface area contributed by atoms with Gasteiger partial charge in [-0.05, 0) is 67.8 Å². The summed E-state index contributed by atoms with van der Waals surface area (Å²) in [4.78, 5) is 0. The van der Waals surface area contributed by atoms with Gasteiger partial charge in [0.1, 0.15) is 0 Å². The minimum atomic E-state index is -4.27. The van der Waals surface area contributed by atoms with Crippen LogP contribution in [0.1, 0.15) is 55.8 Å². The quantitative estimate of drug-likeness (QED) is 0.770. The van der Waals surface area contributed by atoms with E-state index in [1.165, 1.54) is 25.0 Å². The van der Waals surface area contributed by atoms with E-state index in [1.54, 1.807) is 13.0 Å². The molecule has 4 heteroatoms. The zero-order chi connectivity index (χ0) is 15.6. The van der Waals surface area contributed by atoms with Crippen molar-refractivity contribution in [2.75, 3.05) is 6.54 Å². The lowest BCUT2D eigenvalue weighted by Crippen LogP contribution is -2.29. The second-order valence-electron chi connectivity index (χ2n) is 6.20. The summed E-state index contributed by atoms with van der Waals surface area (Å²) in [6.07, 6.45) is -0.762. The lowest BCUT2D eigenvalue weighted by atomic mass is 9.87. The van der Waals surface area contributed by atoms with Crippen LogP contribution in [0, 0.1) is 18.8 Å². The molecule has 0 aromatic heterocycles. The largest absolute Gasteiger partial charge is 0.416 e. The first-order chi connectivity index (χ1) is 9.84. The molecule has 1 saturated carbocycles. The lowest BCUT2D eigenvalue weighted by molar-refractivity contribution is -0.137. The van der Waals surface area contributed by atoms with Crippen molar-refractivity contribution in [3.05, 3.63) is 34.9 Å². The Labute approximate surface area is 124 Å². The van der Waals surface area contributed by atoms with Crippen LogP contribution in [-0.4, -0.2) is 6.54 Å². The summed E-state index contributed by atoms with van der Waals surface area (Å²) in [5, 5.41) is 3.52. The Hall–Kier alpha value is -1.03. The number of rotatable bonds is 6. The zero-order valence-corrected chi connectivity index (χ0v) is 12.9. The Morgan fingerprint density at radius 1 is 1.29 bits per heavy atom. The minimum Gasteiger partial charge on any atom is -0.310 e. The van der Waals surface area contributed by atoms with Crippen LogP contribution in [0.5, 0.6) is 0 Å². The second-order valence-corrected chi connectivity index (χ2v) is 6.20.